The molecule has 0 atom stereocenters. The lowest BCUT2D eigenvalue weighted by Gasteiger charge is -2.26. The van der Waals surface area contributed by atoms with Crippen molar-refractivity contribution in [3.05, 3.63) is 28.0 Å². The van der Waals surface area contributed by atoms with Gasteiger partial charge in [-0.1, -0.05) is 25.4 Å². The highest BCUT2D eigenvalue weighted by Gasteiger charge is 2.37. The van der Waals surface area contributed by atoms with Crippen molar-refractivity contribution in [1.29, 1.82) is 0 Å². The molecular formula is C15H22ClFO3. The number of benzene rings is 1. The van der Waals surface area contributed by atoms with E-state index in [4.69, 9.17) is 25.8 Å². The second-order valence-corrected chi connectivity index (χ2v) is 4.66. The standard InChI is InChI=1S/C13H16ClFO3.C2H6/c1-4-16-12-8(2)11(15)10(14)7-9(12)13(3)17-5-6-18-13;1-2/h7H,4-6H2,1-3H3;1-2H3. The number of hydrogen-bond acceptors (Lipinski definition) is 3. The molecule has 0 aliphatic carbocycles. The van der Waals surface area contributed by atoms with E-state index in [1.807, 2.05) is 20.8 Å². The van der Waals surface area contributed by atoms with E-state index in [9.17, 15) is 4.39 Å². The monoisotopic (exact) mass is 304 g/mol. The third kappa shape index (κ3) is 3.25. The van der Waals surface area contributed by atoms with Crippen LogP contribution in [0.4, 0.5) is 4.39 Å². The first-order valence-electron chi connectivity index (χ1n) is 6.89. The van der Waals surface area contributed by atoms with Crippen molar-refractivity contribution in [1.82, 2.24) is 0 Å². The molecule has 2 rings (SSSR count). The number of hydrogen-bond donors (Lipinski definition) is 0. The molecule has 0 amide bonds. The molecule has 1 heterocycles. The smallest absolute Gasteiger partial charge is 0.195 e. The molecule has 0 unspecified atom stereocenters. The molecule has 5 heteroatoms. The highest BCUT2D eigenvalue weighted by atomic mass is 35.5. The van der Waals surface area contributed by atoms with Crippen LogP contribution < -0.4 is 4.74 Å². The molecule has 1 aromatic carbocycles. The third-order valence-corrected chi connectivity index (χ3v) is 3.29. The average Bonchev–Trinajstić information content (AvgIpc) is 2.89. The van der Waals surface area contributed by atoms with Crippen LogP contribution in [0.1, 0.15) is 38.8 Å². The van der Waals surface area contributed by atoms with Crippen LogP contribution in [-0.2, 0) is 15.3 Å². The third-order valence-electron chi connectivity index (χ3n) is 3.01. The molecular weight excluding hydrogens is 283 g/mol. The maximum absolute atomic E-state index is 13.8. The van der Waals surface area contributed by atoms with Crippen molar-refractivity contribution >= 4 is 11.6 Å². The summed E-state index contributed by atoms with van der Waals surface area (Å²) in [5.74, 6) is -0.943. The van der Waals surface area contributed by atoms with Crippen LogP contribution in [0.15, 0.2) is 6.07 Å². The fraction of sp³-hybridized carbons (Fsp3) is 0.600. The molecule has 0 spiro atoms. The minimum atomic E-state index is -0.924. The Morgan fingerprint density at radius 2 is 1.90 bits per heavy atom. The summed E-state index contributed by atoms with van der Waals surface area (Å²) in [6.07, 6.45) is 0. The average molecular weight is 305 g/mol. The Balaban J connectivity index is 0.000000956. The van der Waals surface area contributed by atoms with Crippen LogP contribution in [0.2, 0.25) is 5.02 Å². The number of ether oxygens (including phenoxy) is 3. The first-order valence-corrected chi connectivity index (χ1v) is 7.27. The van der Waals surface area contributed by atoms with Crippen LogP contribution in [0.25, 0.3) is 0 Å². The molecule has 0 N–H and O–H groups in total. The first-order chi connectivity index (χ1) is 9.49. The van der Waals surface area contributed by atoms with Crippen molar-refractivity contribution in [3.63, 3.8) is 0 Å². The van der Waals surface area contributed by atoms with E-state index in [0.29, 0.717) is 36.7 Å². The largest absolute Gasteiger partial charge is 0.493 e. The van der Waals surface area contributed by atoms with Crippen LogP contribution in [-0.4, -0.2) is 19.8 Å². The van der Waals surface area contributed by atoms with Crippen LogP contribution in [0.3, 0.4) is 0 Å². The molecule has 0 saturated carbocycles. The number of halogens is 2. The van der Waals surface area contributed by atoms with Crippen LogP contribution in [0.5, 0.6) is 5.75 Å². The fourth-order valence-electron chi connectivity index (χ4n) is 2.07. The van der Waals surface area contributed by atoms with Gasteiger partial charge in [-0.3, -0.25) is 0 Å². The zero-order chi connectivity index (χ0) is 15.3. The van der Waals surface area contributed by atoms with Gasteiger partial charge in [-0.15, -0.1) is 0 Å². The van der Waals surface area contributed by atoms with E-state index in [-0.39, 0.29) is 5.02 Å². The van der Waals surface area contributed by atoms with Gasteiger partial charge in [-0.25, -0.2) is 4.39 Å². The molecule has 0 radical (unpaired) electrons. The maximum atomic E-state index is 13.8. The highest BCUT2D eigenvalue weighted by Crippen LogP contribution is 2.41. The Bertz CT molecular complexity index is 457. The fourth-order valence-corrected chi connectivity index (χ4v) is 2.32. The van der Waals surface area contributed by atoms with Crippen LogP contribution >= 0.6 is 11.6 Å². The summed E-state index contributed by atoms with van der Waals surface area (Å²) in [6, 6.07) is 1.51. The Labute approximate surface area is 125 Å². The van der Waals surface area contributed by atoms with E-state index < -0.39 is 11.6 Å². The Hall–Kier alpha value is -0.840. The maximum Gasteiger partial charge on any atom is 0.195 e. The minimum absolute atomic E-state index is 0.0475. The van der Waals surface area contributed by atoms with E-state index in [0.717, 1.165) is 0 Å². The summed E-state index contributed by atoms with van der Waals surface area (Å²) < 4.78 is 30.5. The second-order valence-electron chi connectivity index (χ2n) is 4.25. The number of rotatable bonds is 3. The molecule has 1 saturated heterocycles. The molecule has 0 aromatic heterocycles. The van der Waals surface area contributed by atoms with E-state index in [1.165, 1.54) is 6.07 Å². The van der Waals surface area contributed by atoms with E-state index in [2.05, 4.69) is 0 Å². The van der Waals surface area contributed by atoms with Gasteiger partial charge in [0.05, 0.1) is 30.4 Å². The van der Waals surface area contributed by atoms with Gasteiger partial charge < -0.3 is 14.2 Å². The van der Waals surface area contributed by atoms with Crippen molar-refractivity contribution in [3.8, 4) is 5.75 Å². The second kappa shape index (κ2) is 7.25. The predicted molar refractivity (Wildman–Crippen MR) is 77.9 cm³/mol. The molecule has 0 bridgehead atoms. The Morgan fingerprint density at radius 1 is 1.35 bits per heavy atom. The molecule has 3 nitrogen and oxygen atoms in total. The molecule has 20 heavy (non-hydrogen) atoms. The van der Waals surface area contributed by atoms with Gasteiger partial charge >= 0.3 is 0 Å². The summed E-state index contributed by atoms with van der Waals surface area (Å²) >= 11 is 5.89. The topological polar surface area (TPSA) is 27.7 Å². The predicted octanol–water partition coefficient (Wildman–Crippen LogP) is 4.43. The lowest BCUT2D eigenvalue weighted by atomic mass is 10.0. The van der Waals surface area contributed by atoms with E-state index >= 15 is 0 Å². The summed E-state index contributed by atoms with van der Waals surface area (Å²) in [6.45, 7) is 10.7. The van der Waals surface area contributed by atoms with Crippen molar-refractivity contribution < 1.29 is 18.6 Å². The zero-order valence-electron chi connectivity index (χ0n) is 12.7. The van der Waals surface area contributed by atoms with Gasteiger partial charge in [0.15, 0.2) is 5.79 Å². The summed E-state index contributed by atoms with van der Waals surface area (Å²) in [5.41, 5.74) is 1.01. The van der Waals surface area contributed by atoms with Gasteiger partial charge in [0.1, 0.15) is 11.6 Å². The van der Waals surface area contributed by atoms with Crippen molar-refractivity contribution in [2.45, 2.75) is 40.4 Å². The lowest BCUT2D eigenvalue weighted by molar-refractivity contribution is -0.150. The van der Waals surface area contributed by atoms with Crippen molar-refractivity contribution in [2.75, 3.05) is 19.8 Å². The summed E-state index contributed by atoms with van der Waals surface area (Å²) in [7, 11) is 0. The SMILES string of the molecule is CC.CCOc1c(C2(C)OCCO2)cc(Cl)c(F)c1C. The Morgan fingerprint density at radius 3 is 2.40 bits per heavy atom. The first kappa shape index (κ1) is 17.2. The molecule has 1 fully saturated rings. The zero-order valence-corrected chi connectivity index (χ0v) is 13.4. The lowest BCUT2D eigenvalue weighted by Crippen LogP contribution is -2.24. The molecule has 1 aliphatic heterocycles. The normalized spacial score (nSPS) is 16.6. The van der Waals surface area contributed by atoms with E-state index in [1.54, 1.807) is 13.8 Å². The summed E-state index contributed by atoms with van der Waals surface area (Å²) in [4.78, 5) is 0. The molecule has 1 aromatic rings. The minimum Gasteiger partial charge on any atom is -0.493 e. The van der Waals surface area contributed by atoms with Gasteiger partial charge in [0.2, 0.25) is 0 Å². The highest BCUT2D eigenvalue weighted by molar-refractivity contribution is 6.31. The van der Waals surface area contributed by atoms with Gasteiger partial charge in [0, 0.05) is 5.56 Å². The quantitative estimate of drug-likeness (QED) is 0.826. The Kier molecular flexibility index (Phi) is 6.24. The van der Waals surface area contributed by atoms with Gasteiger partial charge in [-0.05, 0) is 26.8 Å². The molecule has 114 valence electrons. The molecule has 1 aliphatic rings. The van der Waals surface area contributed by atoms with Gasteiger partial charge in [0.25, 0.3) is 0 Å². The van der Waals surface area contributed by atoms with Crippen LogP contribution in [0, 0.1) is 12.7 Å². The van der Waals surface area contributed by atoms with Gasteiger partial charge in [-0.2, -0.15) is 0 Å². The van der Waals surface area contributed by atoms with Crippen molar-refractivity contribution in [2.24, 2.45) is 0 Å². The summed E-state index contributed by atoms with van der Waals surface area (Å²) in [5, 5.41) is 0.0475.